The molecule has 1 aromatic heterocycles. The van der Waals surface area contributed by atoms with Gasteiger partial charge in [-0.2, -0.15) is 13.2 Å². The lowest BCUT2D eigenvalue weighted by Gasteiger charge is -2.36. The molecule has 2 heterocycles. The van der Waals surface area contributed by atoms with Crippen LogP contribution in [0.4, 0.5) is 24.7 Å². The Kier molecular flexibility index (Phi) is 4.98. The number of amides is 1. The summed E-state index contributed by atoms with van der Waals surface area (Å²) in [5.74, 6) is -0.553. The van der Waals surface area contributed by atoms with Crippen LogP contribution >= 0.6 is 0 Å². The number of anilines is 1. The van der Waals surface area contributed by atoms with Gasteiger partial charge in [-0.3, -0.25) is 14.9 Å². The summed E-state index contributed by atoms with van der Waals surface area (Å²) in [5, 5.41) is 10.8. The predicted molar refractivity (Wildman–Crippen MR) is 90.5 cm³/mol. The SMILES string of the molecule is O=C(c1cccc([N+](=O)[O-])c1)N1CCN(c2ncccc2C(F)(F)F)CC1. The lowest BCUT2D eigenvalue weighted by molar-refractivity contribution is -0.384. The number of piperazine rings is 1. The van der Waals surface area contributed by atoms with E-state index in [0.717, 1.165) is 6.07 Å². The second kappa shape index (κ2) is 7.22. The minimum atomic E-state index is -4.51. The van der Waals surface area contributed by atoms with Gasteiger partial charge in [-0.25, -0.2) is 4.98 Å². The molecule has 3 rings (SSSR count). The van der Waals surface area contributed by atoms with E-state index >= 15 is 0 Å². The summed E-state index contributed by atoms with van der Waals surface area (Å²) in [6, 6.07) is 7.58. The number of pyridine rings is 1. The first kappa shape index (κ1) is 18.6. The van der Waals surface area contributed by atoms with Gasteiger partial charge in [-0.05, 0) is 18.2 Å². The third kappa shape index (κ3) is 3.99. The van der Waals surface area contributed by atoms with Gasteiger partial charge in [-0.15, -0.1) is 0 Å². The molecule has 1 aromatic carbocycles. The van der Waals surface area contributed by atoms with Gasteiger partial charge in [-0.1, -0.05) is 6.07 Å². The average Bonchev–Trinajstić information content (AvgIpc) is 2.67. The highest BCUT2D eigenvalue weighted by atomic mass is 19.4. The maximum Gasteiger partial charge on any atom is 0.419 e. The summed E-state index contributed by atoms with van der Waals surface area (Å²) >= 11 is 0. The quantitative estimate of drug-likeness (QED) is 0.604. The van der Waals surface area contributed by atoms with E-state index in [-0.39, 0.29) is 43.2 Å². The zero-order chi connectivity index (χ0) is 19.6. The molecule has 7 nitrogen and oxygen atoms in total. The number of aromatic nitrogens is 1. The number of benzene rings is 1. The average molecular weight is 380 g/mol. The predicted octanol–water partition coefficient (Wildman–Crippen LogP) is 2.97. The van der Waals surface area contributed by atoms with Crippen LogP contribution in [0.1, 0.15) is 15.9 Å². The third-order valence-electron chi connectivity index (χ3n) is 4.26. The van der Waals surface area contributed by atoms with Gasteiger partial charge in [0, 0.05) is 50.1 Å². The minimum absolute atomic E-state index is 0.160. The number of hydrogen-bond donors (Lipinski definition) is 0. The summed E-state index contributed by atoms with van der Waals surface area (Å²) in [4.78, 5) is 29.6. The second-order valence-corrected chi connectivity index (χ2v) is 5.96. The van der Waals surface area contributed by atoms with E-state index < -0.39 is 22.6 Å². The molecule has 0 unspecified atom stereocenters. The summed E-state index contributed by atoms with van der Waals surface area (Å²) in [7, 11) is 0. The third-order valence-corrected chi connectivity index (χ3v) is 4.26. The lowest BCUT2D eigenvalue weighted by Crippen LogP contribution is -2.49. The molecule has 1 aliphatic rings. The van der Waals surface area contributed by atoms with Crippen LogP contribution < -0.4 is 4.90 Å². The number of nitro benzene ring substituents is 1. The Labute approximate surface area is 152 Å². The summed E-state index contributed by atoms with van der Waals surface area (Å²) in [5.41, 5.74) is -0.835. The van der Waals surface area contributed by atoms with Crippen LogP contribution in [0.25, 0.3) is 0 Å². The molecule has 10 heteroatoms. The fraction of sp³-hybridized carbons (Fsp3) is 0.294. The van der Waals surface area contributed by atoms with Crippen molar-refractivity contribution in [3.63, 3.8) is 0 Å². The molecule has 1 saturated heterocycles. The topological polar surface area (TPSA) is 79.6 Å². The number of hydrogen-bond acceptors (Lipinski definition) is 5. The van der Waals surface area contributed by atoms with E-state index in [0.29, 0.717) is 0 Å². The summed E-state index contributed by atoms with van der Waals surface area (Å²) < 4.78 is 39.4. The van der Waals surface area contributed by atoms with Crippen LogP contribution in [-0.2, 0) is 6.18 Å². The van der Waals surface area contributed by atoms with Crippen molar-refractivity contribution in [3.8, 4) is 0 Å². The number of non-ortho nitro benzene ring substituents is 1. The maximum absolute atomic E-state index is 13.1. The molecule has 0 atom stereocenters. The van der Waals surface area contributed by atoms with E-state index in [1.165, 1.54) is 46.3 Å². The molecule has 0 aliphatic carbocycles. The van der Waals surface area contributed by atoms with Crippen molar-refractivity contribution < 1.29 is 22.9 Å². The molecule has 0 saturated carbocycles. The van der Waals surface area contributed by atoms with E-state index in [4.69, 9.17) is 0 Å². The van der Waals surface area contributed by atoms with E-state index in [9.17, 15) is 28.1 Å². The molecule has 1 fully saturated rings. The number of nitrogens with zero attached hydrogens (tertiary/aromatic N) is 4. The van der Waals surface area contributed by atoms with Crippen molar-refractivity contribution in [2.75, 3.05) is 31.1 Å². The van der Waals surface area contributed by atoms with Crippen molar-refractivity contribution in [3.05, 3.63) is 63.8 Å². The van der Waals surface area contributed by atoms with Crippen molar-refractivity contribution in [1.82, 2.24) is 9.88 Å². The first-order chi connectivity index (χ1) is 12.8. The Morgan fingerprint density at radius 3 is 2.44 bits per heavy atom. The van der Waals surface area contributed by atoms with E-state index in [1.807, 2.05) is 0 Å². The van der Waals surface area contributed by atoms with Gasteiger partial charge in [0.25, 0.3) is 11.6 Å². The van der Waals surface area contributed by atoms with Gasteiger partial charge in [0.15, 0.2) is 0 Å². The maximum atomic E-state index is 13.1. The standard InChI is InChI=1S/C17H15F3N4O3/c18-17(19,20)14-5-2-6-21-15(14)22-7-9-23(10-8-22)16(25)12-3-1-4-13(11-12)24(26)27/h1-6,11H,7-10H2. The number of nitro groups is 1. The fourth-order valence-corrected chi connectivity index (χ4v) is 2.93. The van der Waals surface area contributed by atoms with E-state index in [2.05, 4.69) is 4.98 Å². The fourth-order valence-electron chi connectivity index (χ4n) is 2.93. The monoisotopic (exact) mass is 380 g/mol. The van der Waals surface area contributed by atoms with Gasteiger partial charge < -0.3 is 9.80 Å². The molecule has 0 N–H and O–H groups in total. The van der Waals surface area contributed by atoms with Crippen molar-refractivity contribution >= 4 is 17.4 Å². The molecule has 0 radical (unpaired) electrons. The number of carbonyl (C=O) groups excluding carboxylic acids is 1. The normalized spacial score (nSPS) is 14.9. The zero-order valence-corrected chi connectivity index (χ0v) is 14.0. The van der Waals surface area contributed by atoms with Crippen molar-refractivity contribution in [1.29, 1.82) is 0 Å². The van der Waals surface area contributed by atoms with Crippen LogP contribution in [0.3, 0.4) is 0 Å². The molecule has 27 heavy (non-hydrogen) atoms. The van der Waals surface area contributed by atoms with Gasteiger partial charge in [0.05, 0.1) is 10.5 Å². The Hall–Kier alpha value is -3.17. The van der Waals surface area contributed by atoms with E-state index in [1.54, 1.807) is 0 Å². The zero-order valence-electron chi connectivity index (χ0n) is 14.0. The summed E-state index contributed by atoms with van der Waals surface area (Å²) in [6.45, 7) is 0.742. The van der Waals surface area contributed by atoms with Gasteiger partial charge in [0.1, 0.15) is 5.82 Å². The highest BCUT2D eigenvalue weighted by Gasteiger charge is 2.36. The molecule has 1 amide bonds. The highest BCUT2D eigenvalue weighted by molar-refractivity contribution is 5.95. The smallest absolute Gasteiger partial charge is 0.353 e. The van der Waals surface area contributed by atoms with Crippen LogP contribution in [0.15, 0.2) is 42.6 Å². The van der Waals surface area contributed by atoms with Crippen LogP contribution in [0.5, 0.6) is 0 Å². The number of halogens is 3. The largest absolute Gasteiger partial charge is 0.419 e. The molecule has 1 aliphatic heterocycles. The second-order valence-electron chi connectivity index (χ2n) is 5.96. The Balaban J connectivity index is 1.72. The van der Waals surface area contributed by atoms with Crippen LogP contribution in [0, 0.1) is 10.1 Å². The molecule has 2 aromatic rings. The highest BCUT2D eigenvalue weighted by Crippen LogP contribution is 2.35. The molecule has 0 spiro atoms. The Bertz CT molecular complexity index is 864. The molecule has 0 bridgehead atoms. The summed E-state index contributed by atoms with van der Waals surface area (Å²) in [6.07, 6.45) is -3.22. The van der Waals surface area contributed by atoms with Gasteiger partial charge in [0.2, 0.25) is 0 Å². The number of rotatable bonds is 3. The Morgan fingerprint density at radius 1 is 1.11 bits per heavy atom. The van der Waals surface area contributed by atoms with Crippen molar-refractivity contribution in [2.24, 2.45) is 0 Å². The lowest BCUT2D eigenvalue weighted by atomic mass is 10.1. The number of carbonyl (C=O) groups is 1. The number of alkyl halides is 3. The van der Waals surface area contributed by atoms with Crippen molar-refractivity contribution in [2.45, 2.75) is 6.18 Å². The minimum Gasteiger partial charge on any atom is -0.353 e. The van der Waals surface area contributed by atoms with Gasteiger partial charge >= 0.3 is 6.18 Å². The first-order valence-electron chi connectivity index (χ1n) is 8.08. The van der Waals surface area contributed by atoms with Crippen LogP contribution in [0.2, 0.25) is 0 Å². The van der Waals surface area contributed by atoms with Crippen LogP contribution in [-0.4, -0.2) is 46.9 Å². The molecular formula is C17H15F3N4O3. The first-order valence-corrected chi connectivity index (χ1v) is 8.08. The molecular weight excluding hydrogens is 365 g/mol. The molecule has 142 valence electrons. The Morgan fingerprint density at radius 2 is 1.81 bits per heavy atom.